The lowest BCUT2D eigenvalue weighted by Crippen LogP contribution is -2.35. The molecule has 222 valence electrons. The summed E-state index contributed by atoms with van der Waals surface area (Å²) in [5.41, 5.74) is 4.14. The minimum atomic E-state index is -0.332. The molecule has 1 aliphatic rings. The zero-order chi connectivity index (χ0) is 29.9. The van der Waals surface area contributed by atoms with Crippen LogP contribution in [0.25, 0.3) is 6.08 Å². The number of thiazole rings is 1. The molecule has 0 bridgehead atoms. The molecule has 42 heavy (non-hydrogen) atoms. The molecule has 1 atom stereocenters. The molecule has 1 N–H and O–H groups in total. The molecular weight excluding hydrogens is 551 g/mol. The molecule has 6 nitrogen and oxygen atoms in total. The first-order valence-corrected chi connectivity index (χ1v) is 15.4. The molecule has 4 rings (SSSR count). The SMILES string of the molecule is CCOC(=O)/C(C)=C\C(C)=C\c1csc([C@H](Cc2ccc(OCc3ccc(F)cc3)cc2)NC(=O)C2CCCCC2)n1. The van der Waals surface area contributed by atoms with Crippen LogP contribution in [0, 0.1) is 11.7 Å². The van der Waals surface area contributed by atoms with Crippen molar-refractivity contribution in [2.75, 3.05) is 6.61 Å². The molecule has 1 aromatic heterocycles. The summed E-state index contributed by atoms with van der Waals surface area (Å²) in [6.07, 6.45) is 9.53. The van der Waals surface area contributed by atoms with Gasteiger partial charge in [0, 0.05) is 16.9 Å². The monoisotopic (exact) mass is 590 g/mol. The van der Waals surface area contributed by atoms with Gasteiger partial charge in [-0.2, -0.15) is 0 Å². The second-order valence-electron chi connectivity index (χ2n) is 10.7. The lowest BCUT2D eigenvalue weighted by atomic mass is 9.88. The van der Waals surface area contributed by atoms with Gasteiger partial charge in [-0.25, -0.2) is 14.2 Å². The van der Waals surface area contributed by atoms with E-state index in [1.807, 2.05) is 42.6 Å². The third-order valence-electron chi connectivity index (χ3n) is 7.23. The highest BCUT2D eigenvalue weighted by Gasteiger charge is 2.25. The van der Waals surface area contributed by atoms with E-state index >= 15 is 0 Å². The number of carbonyl (C=O) groups is 2. The first-order chi connectivity index (χ1) is 20.3. The van der Waals surface area contributed by atoms with Crippen molar-refractivity contribution in [2.45, 2.75) is 71.9 Å². The van der Waals surface area contributed by atoms with E-state index in [9.17, 15) is 14.0 Å². The third-order valence-corrected chi connectivity index (χ3v) is 8.21. The van der Waals surface area contributed by atoms with Crippen LogP contribution < -0.4 is 10.1 Å². The van der Waals surface area contributed by atoms with Crippen molar-refractivity contribution in [1.29, 1.82) is 0 Å². The van der Waals surface area contributed by atoms with Crippen LogP contribution in [0.1, 0.15) is 80.7 Å². The van der Waals surface area contributed by atoms with Crippen molar-refractivity contribution >= 4 is 29.3 Å². The van der Waals surface area contributed by atoms with Crippen molar-refractivity contribution in [2.24, 2.45) is 5.92 Å². The molecule has 0 saturated heterocycles. The smallest absolute Gasteiger partial charge is 0.333 e. The second kappa shape index (κ2) is 15.4. The predicted molar refractivity (Wildman–Crippen MR) is 164 cm³/mol. The van der Waals surface area contributed by atoms with Gasteiger partial charge in [0.1, 0.15) is 23.2 Å². The van der Waals surface area contributed by atoms with E-state index in [-0.39, 0.29) is 29.7 Å². The summed E-state index contributed by atoms with van der Waals surface area (Å²) in [6.45, 7) is 6.12. The molecule has 1 fully saturated rings. The van der Waals surface area contributed by atoms with Crippen molar-refractivity contribution in [3.05, 3.63) is 98.8 Å². The average Bonchev–Trinajstić information content (AvgIpc) is 3.46. The number of halogens is 1. The van der Waals surface area contributed by atoms with Crippen LogP contribution >= 0.6 is 11.3 Å². The summed E-state index contributed by atoms with van der Waals surface area (Å²) in [7, 11) is 0. The summed E-state index contributed by atoms with van der Waals surface area (Å²) in [4.78, 5) is 30.1. The highest BCUT2D eigenvalue weighted by Crippen LogP contribution is 2.28. The number of hydrogen-bond donors (Lipinski definition) is 1. The Hall–Kier alpha value is -3.78. The van der Waals surface area contributed by atoms with E-state index in [1.54, 1.807) is 32.1 Å². The maximum atomic E-state index is 13.2. The van der Waals surface area contributed by atoms with Gasteiger partial charge < -0.3 is 14.8 Å². The van der Waals surface area contributed by atoms with Crippen LogP contribution in [-0.4, -0.2) is 23.5 Å². The predicted octanol–water partition coefficient (Wildman–Crippen LogP) is 7.75. The fourth-order valence-corrected chi connectivity index (χ4v) is 5.83. The van der Waals surface area contributed by atoms with Crippen LogP contribution in [0.4, 0.5) is 4.39 Å². The van der Waals surface area contributed by atoms with E-state index in [0.717, 1.165) is 53.1 Å². The second-order valence-corrected chi connectivity index (χ2v) is 11.6. The topological polar surface area (TPSA) is 77.5 Å². The highest BCUT2D eigenvalue weighted by molar-refractivity contribution is 7.09. The number of hydrogen-bond acceptors (Lipinski definition) is 6. The Kier molecular flexibility index (Phi) is 11.5. The van der Waals surface area contributed by atoms with Crippen LogP contribution in [0.5, 0.6) is 5.75 Å². The minimum Gasteiger partial charge on any atom is -0.489 e. The molecule has 0 unspecified atom stereocenters. The molecule has 0 radical (unpaired) electrons. The van der Waals surface area contributed by atoms with Crippen molar-refractivity contribution in [3.63, 3.8) is 0 Å². The zero-order valence-corrected chi connectivity index (χ0v) is 25.3. The van der Waals surface area contributed by atoms with Crippen LogP contribution in [0.3, 0.4) is 0 Å². The van der Waals surface area contributed by atoms with E-state index in [4.69, 9.17) is 14.5 Å². The summed E-state index contributed by atoms with van der Waals surface area (Å²) >= 11 is 1.52. The van der Waals surface area contributed by atoms with Gasteiger partial charge >= 0.3 is 5.97 Å². The number of carbonyl (C=O) groups excluding carboxylic acids is 2. The number of benzene rings is 2. The van der Waals surface area contributed by atoms with Crippen molar-refractivity contribution in [1.82, 2.24) is 10.3 Å². The number of amides is 1. The molecule has 8 heteroatoms. The lowest BCUT2D eigenvalue weighted by molar-refractivity contribution is -0.138. The molecule has 0 spiro atoms. The summed E-state index contributed by atoms with van der Waals surface area (Å²) < 4.78 is 24.1. The van der Waals surface area contributed by atoms with E-state index in [2.05, 4.69) is 5.32 Å². The molecule has 1 amide bonds. The number of nitrogens with zero attached hydrogens (tertiary/aromatic N) is 1. The van der Waals surface area contributed by atoms with Gasteiger partial charge in [-0.15, -0.1) is 11.3 Å². The fourth-order valence-electron chi connectivity index (χ4n) is 5.01. The first kappa shape index (κ1) is 31.2. The third kappa shape index (κ3) is 9.38. The molecular formula is C34H39FN2O4S. The largest absolute Gasteiger partial charge is 0.489 e. The zero-order valence-electron chi connectivity index (χ0n) is 24.5. The molecule has 1 saturated carbocycles. The number of esters is 1. The quantitative estimate of drug-likeness (QED) is 0.133. The molecule has 2 aromatic carbocycles. The Bertz CT molecular complexity index is 1390. The highest BCUT2D eigenvalue weighted by atomic mass is 32.1. The molecule has 3 aromatic rings. The summed E-state index contributed by atoms with van der Waals surface area (Å²) in [5.74, 6) is 0.250. The number of nitrogens with one attached hydrogen (secondary N) is 1. The maximum absolute atomic E-state index is 13.2. The van der Waals surface area contributed by atoms with Crippen molar-refractivity contribution in [3.8, 4) is 5.75 Å². The Labute approximate surface area is 251 Å². The molecule has 1 aliphatic carbocycles. The van der Waals surface area contributed by atoms with E-state index in [1.165, 1.54) is 29.9 Å². The van der Waals surface area contributed by atoms with Gasteiger partial charge in [-0.3, -0.25) is 4.79 Å². The number of aromatic nitrogens is 1. The fraction of sp³-hybridized carbons (Fsp3) is 0.382. The van der Waals surface area contributed by atoms with Gasteiger partial charge in [0.05, 0.1) is 18.3 Å². The van der Waals surface area contributed by atoms with Crippen LogP contribution in [0.2, 0.25) is 0 Å². The van der Waals surface area contributed by atoms with Crippen molar-refractivity contribution < 1.29 is 23.5 Å². The standard InChI is InChI=1S/C34H39FN2O4S/c1-4-40-34(39)24(3)18-23(2)19-29-22-42-33(36-29)31(37-32(38)27-8-6-5-7-9-27)20-25-12-16-30(17-13-25)41-21-26-10-14-28(35)15-11-26/h10-19,22,27,31H,4-9,20-21H2,1-3H3,(H,37,38)/b23-19+,24-18-/t31-/m0/s1. The average molecular weight is 591 g/mol. The Morgan fingerprint density at radius 2 is 1.74 bits per heavy atom. The number of ether oxygens (including phenoxy) is 2. The summed E-state index contributed by atoms with van der Waals surface area (Å²) in [6, 6.07) is 13.8. The Morgan fingerprint density at radius 1 is 1.05 bits per heavy atom. The summed E-state index contributed by atoms with van der Waals surface area (Å²) in [5, 5.41) is 6.10. The lowest BCUT2D eigenvalue weighted by Gasteiger charge is -2.24. The van der Waals surface area contributed by atoms with Crippen LogP contribution in [-0.2, 0) is 27.4 Å². The molecule has 0 aliphatic heterocycles. The van der Waals surface area contributed by atoms with E-state index in [0.29, 0.717) is 31.0 Å². The number of allylic oxidation sites excluding steroid dienone is 2. The van der Waals surface area contributed by atoms with Gasteiger partial charge in [0.2, 0.25) is 5.91 Å². The van der Waals surface area contributed by atoms with Gasteiger partial charge in [-0.05, 0) is 93.2 Å². The number of rotatable bonds is 12. The Balaban J connectivity index is 1.47. The normalized spacial score (nSPS) is 15.2. The molecule has 1 heterocycles. The van der Waals surface area contributed by atoms with Gasteiger partial charge in [0.25, 0.3) is 0 Å². The Morgan fingerprint density at radius 3 is 2.43 bits per heavy atom. The van der Waals surface area contributed by atoms with Gasteiger partial charge in [0.15, 0.2) is 0 Å². The first-order valence-electron chi connectivity index (χ1n) is 14.6. The van der Waals surface area contributed by atoms with Crippen LogP contribution in [0.15, 0.2) is 71.1 Å². The van der Waals surface area contributed by atoms with Gasteiger partial charge in [-0.1, -0.05) is 43.5 Å². The van der Waals surface area contributed by atoms with E-state index < -0.39 is 0 Å². The maximum Gasteiger partial charge on any atom is 0.333 e. The minimum absolute atomic E-state index is 0.0426.